The number of halogens is 2. The van der Waals surface area contributed by atoms with E-state index in [1.165, 1.54) is 37.1 Å². The number of hydrogen-bond acceptors (Lipinski definition) is 7. The van der Waals surface area contributed by atoms with Crippen molar-refractivity contribution >= 4 is 22.7 Å². The number of Topliss-reactive ketones (excluding diaryl/α,β-unsaturated/α-hetero) is 1. The van der Waals surface area contributed by atoms with Crippen LogP contribution in [-0.2, 0) is 16.7 Å². The van der Waals surface area contributed by atoms with E-state index in [1.807, 2.05) is 6.92 Å². The molecule has 0 spiro atoms. The van der Waals surface area contributed by atoms with E-state index >= 15 is 0 Å². The van der Waals surface area contributed by atoms with E-state index in [0.29, 0.717) is 22.0 Å². The van der Waals surface area contributed by atoms with E-state index in [4.69, 9.17) is 10.5 Å². The van der Waals surface area contributed by atoms with E-state index in [0.717, 1.165) is 0 Å². The molecule has 6 nitrogen and oxygen atoms in total. The molecule has 0 bridgehead atoms. The molecule has 2 N–H and O–H groups in total. The number of benzene rings is 1. The molecule has 0 saturated carbocycles. The van der Waals surface area contributed by atoms with Crippen molar-refractivity contribution in [3.63, 3.8) is 0 Å². The summed E-state index contributed by atoms with van der Waals surface area (Å²) in [6, 6.07) is 4.58. The SMILES string of the molecule is CC(F)c1cnc(C(=O)Cc2ccc(F)c([C@]34CO[C@H](C)[C@H]3CSC(N)=N4)c2)cn1. The number of alkyl halides is 1. The number of carbonyl (C=O) groups is 1. The Morgan fingerprint density at radius 3 is 2.90 bits per heavy atom. The summed E-state index contributed by atoms with van der Waals surface area (Å²) in [5, 5.41) is 0.405. The largest absolute Gasteiger partial charge is 0.379 e. The predicted molar refractivity (Wildman–Crippen MR) is 111 cm³/mol. The molecule has 1 fully saturated rings. The van der Waals surface area contributed by atoms with Crippen molar-refractivity contribution in [1.82, 2.24) is 9.97 Å². The zero-order valence-electron chi connectivity index (χ0n) is 16.6. The first-order valence-corrected chi connectivity index (χ1v) is 10.7. The molecule has 2 aliphatic rings. The summed E-state index contributed by atoms with van der Waals surface area (Å²) in [4.78, 5) is 25.2. The third-order valence-electron chi connectivity index (χ3n) is 5.69. The summed E-state index contributed by atoms with van der Waals surface area (Å²) in [5.74, 6) is -0.0196. The second kappa shape index (κ2) is 8.03. The molecule has 2 aliphatic heterocycles. The van der Waals surface area contributed by atoms with E-state index in [-0.39, 0.29) is 42.2 Å². The summed E-state index contributed by atoms with van der Waals surface area (Å²) >= 11 is 1.44. The topological polar surface area (TPSA) is 90.5 Å². The van der Waals surface area contributed by atoms with Crippen LogP contribution in [0.2, 0.25) is 0 Å². The van der Waals surface area contributed by atoms with Crippen LogP contribution in [0, 0.1) is 11.7 Å². The van der Waals surface area contributed by atoms with Gasteiger partial charge in [-0.3, -0.25) is 9.78 Å². The van der Waals surface area contributed by atoms with Crippen LogP contribution in [0.4, 0.5) is 8.78 Å². The molecule has 1 aromatic heterocycles. The third-order valence-corrected chi connectivity index (χ3v) is 6.61. The molecular formula is C21H22F2N4O2S. The minimum atomic E-state index is -1.26. The number of amidine groups is 1. The van der Waals surface area contributed by atoms with Gasteiger partial charge in [0.05, 0.1) is 30.8 Å². The predicted octanol–water partition coefficient (Wildman–Crippen LogP) is 3.36. The smallest absolute Gasteiger partial charge is 0.187 e. The molecule has 4 rings (SSSR count). The summed E-state index contributed by atoms with van der Waals surface area (Å²) < 4.78 is 34.0. The van der Waals surface area contributed by atoms with Gasteiger partial charge < -0.3 is 10.5 Å². The number of nitrogens with two attached hydrogens (primary N) is 1. The lowest BCUT2D eigenvalue weighted by Crippen LogP contribution is -2.41. The first-order chi connectivity index (χ1) is 14.3. The first kappa shape index (κ1) is 20.9. The summed E-state index contributed by atoms with van der Waals surface area (Å²) in [6.07, 6.45) is 1.20. The second-order valence-corrected chi connectivity index (χ2v) is 8.70. The van der Waals surface area contributed by atoms with Gasteiger partial charge in [0, 0.05) is 23.7 Å². The average Bonchev–Trinajstić information content (AvgIpc) is 3.06. The minimum absolute atomic E-state index is 0.0115. The number of nitrogens with zero attached hydrogens (tertiary/aromatic N) is 3. The van der Waals surface area contributed by atoms with Crippen LogP contribution in [-0.4, -0.2) is 39.4 Å². The normalized spacial score (nSPS) is 26.7. The lowest BCUT2D eigenvalue weighted by molar-refractivity contribution is 0.0987. The monoisotopic (exact) mass is 432 g/mol. The quantitative estimate of drug-likeness (QED) is 0.729. The molecule has 4 atom stereocenters. The fourth-order valence-corrected chi connectivity index (χ4v) is 5.10. The first-order valence-electron chi connectivity index (χ1n) is 9.68. The molecule has 0 amide bonds. The number of ether oxygens (including phenoxy) is 1. The number of thioether (sulfide) groups is 1. The van der Waals surface area contributed by atoms with Gasteiger partial charge in [0.1, 0.15) is 23.2 Å². The van der Waals surface area contributed by atoms with E-state index in [1.54, 1.807) is 12.1 Å². The van der Waals surface area contributed by atoms with Gasteiger partial charge in [-0.1, -0.05) is 17.8 Å². The number of fused-ring (bicyclic) bond motifs is 1. The van der Waals surface area contributed by atoms with Crippen LogP contribution >= 0.6 is 11.8 Å². The van der Waals surface area contributed by atoms with Crippen LogP contribution in [0.5, 0.6) is 0 Å². The number of hydrogen-bond donors (Lipinski definition) is 1. The molecule has 1 aromatic carbocycles. The number of aliphatic imine (C=N–C) groups is 1. The zero-order chi connectivity index (χ0) is 21.5. The summed E-state index contributed by atoms with van der Waals surface area (Å²) in [5.41, 5.74) is 6.40. The van der Waals surface area contributed by atoms with Crippen molar-refractivity contribution in [2.24, 2.45) is 16.6 Å². The Balaban J connectivity index is 1.64. The Kier molecular flexibility index (Phi) is 5.59. The number of aromatic nitrogens is 2. The highest BCUT2D eigenvalue weighted by atomic mass is 32.2. The lowest BCUT2D eigenvalue weighted by atomic mass is 9.78. The van der Waals surface area contributed by atoms with Crippen LogP contribution in [0.1, 0.15) is 47.3 Å². The fraction of sp³-hybridized carbons (Fsp3) is 0.429. The van der Waals surface area contributed by atoms with Crippen LogP contribution in [0.15, 0.2) is 35.6 Å². The number of rotatable bonds is 5. The lowest BCUT2D eigenvalue weighted by Gasteiger charge is -2.35. The van der Waals surface area contributed by atoms with Crippen LogP contribution < -0.4 is 5.73 Å². The summed E-state index contributed by atoms with van der Waals surface area (Å²) in [7, 11) is 0. The summed E-state index contributed by atoms with van der Waals surface area (Å²) in [6.45, 7) is 3.55. The van der Waals surface area contributed by atoms with Crippen molar-refractivity contribution in [2.45, 2.75) is 38.1 Å². The zero-order valence-corrected chi connectivity index (χ0v) is 17.5. The Morgan fingerprint density at radius 2 is 2.20 bits per heavy atom. The standard InChI is InChI=1S/C21H22F2N4O2S/c1-11(22)17-7-26-18(8-25-17)19(28)6-13-3-4-16(23)14(5-13)21-10-29-12(2)15(21)9-30-20(24)27-21/h3-5,7-8,11-12,15H,6,9-10H2,1-2H3,(H2,24,27)/t11?,12-,15-,21-/m1/s1. The molecule has 30 heavy (non-hydrogen) atoms. The van der Waals surface area contributed by atoms with E-state index < -0.39 is 17.5 Å². The molecule has 158 valence electrons. The average molecular weight is 432 g/mol. The maximum atomic E-state index is 14.9. The molecule has 2 aromatic rings. The fourth-order valence-electron chi connectivity index (χ4n) is 3.98. The highest BCUT2D eigenvalue weighted by Crippen LogP contribution is 2.48. The van der Waals surface area contributed by atoms with Gasteiger partial charge in [0.15, 0.2) is 11.0 Å². The maximum absolute atomic E-state index is 14.9. The Bertz CT molecular complexity index is 999. The van der Waals surface area contributed by atoms with Gasteiger partial charge in [-0.05, 0) is 31.5 Å². The molecule has 1 unspecified atom stereocenters. The third kappa shape index (κ3) is 3.72. The van der Waals surface area contributed by atoms with E-state index in [2.05, 4.69) is 15.0 Å². The van der Waals surface area contributed by atoms with Gasteiger partial charge in [-0.2, -0.15) is 0 Å². The van der Waals surface area contributed by atoms with Gasteiger partial charge in [-0.15, -0.1) is 0 Å². The van der Waals surface area contributed by atoms with Crippen LogP contribution in [0.3, 0.4) is 0 Å². The molecule has 0 radical (unpaired) electrons. The maximum Gasteiger partial charge on any atom is 0.187 e. The van der Waals surface area contributed by atoms with Gasteiger partial charge in [0.2, 0.25) is 0 Å². The molecule has 3 heterocycles. The second-order valence-electron chi connectivity index (χ2n) is 7.66. The van der Waals surface area contributed by atoms with Gasteiger partial charge >= 0.3 is 0 Å². The molecular weight excluding hydrogens is 410 g/mol. The highest BCUT2D eigenvalue weighted by Gasteiger charge is 2.52. The van der Waals surface area contributed by atoms with Crippen molar-refractivity contribution in [2.75, 3.05) is 12.4 Å². The van der Waals surface area contributed by atoms with Crippen LogP contribution in [0.25, 0.3) is 0 Å². The van der Waals surface area contributed by atoms with Gasteiger partial charge in [0.25, 0.3) is 0 Å². The molecule has 1 saturated heterocycles. The van der Waals surface area contributed by atoms with Crippen molar-refractivity contribution in [1.29, 1.82) is 0 Å². The van der Waals surface area contributed by atoms with Crippen molar-refractivity contribution < 1.29 is 18.3 Å². The van der Waals surface area contributed by atoms with E-state index in [9.17, 15) is 13.6 Å². The number of carbonyl (C=O) groups excluding carboxylic acids is 1. The van der Waals surface area contributed by atoms with Crippen molar-refractivity contribution in [3.05, 3.63) is 58.9 Å². The Hall–Kier alpha value is -2.39. The number of ketones is 1. The molecule has 9 heteroatoms. The highest BCUT2D eigenvalue weighted by molar-refractivity contribution is 8.13. The van der Waals surface area contributed by atoms with Gasteiger partial charge in [-0.25, -0.2) is 18.8 Å². The van der Waals surface area contributed by atoms with Crippen molar-refractivity contribution in [3.8, 4) is 0 Å². The minimum Gasteiger partial charge on any atom is -0.379 e. The molecule has 0 aliphatic carbocycles. The Morgan fingerprint density at radius 1 is 1.40 bits per heavy atom. The Labute approximate surface area is 177 Å².